The first-order chi connectivity index (χ1) is 9.72. The van der Waals surface area contributed by atoms with Crippen molar-refractivity contribution in [3.05, 3.63) is 30.3 Å². The van der Waals surface area contributed by atoms with E-state index < -0.39 is 0 Å². The molecule has 4 nitrogen and oxygen atoms in total. The third-order valence-corrected chi connectivity index (χ3v) is 4.00. The van der Waals surface area contributed by atoms with E-state index in [4.69, 9.17) is 0 Å². The van der Waals surface area contributed by atoms with Crippen molar-refractivity contribution in [2.75, 3.05) is 38.1 Å². The number of para-hydroxylation sites is 1. The normalized spacial score (nSPS) is 16.4. The minimum Gasteiger partial charge on any atom is -0.317 e. The molecule has 4 heteroatoms. The number of amides is 1. The maximum Gasteiger partial charge on any atom is 0.241 e. The lowest BCUT2D eigenvalue weighted by Gasteiger charge is -2.32. The van der Waals surface area contributed by atoms with Crippen LogP contribution < -0.4 is 10.2 Å². The molecule has 1 heterocycles. The van der Waals surface area contributed by atoms with Crippen LogP contribution >= 0.6 is 0 Å². The second-order valence-corrected chi connectivity index (χ2v) is 5.37. The molecule has 0 saturated carbocycles. The second-order valence-electron chi connectivity index (χ2n) is 5.37. The van der Waals surface area contributed by atoms with Crippen molar-refractivity contribution in [3.63, 3.8) is 0 Å². The molecular weight excluding hydrogens is 250 g/mol. The summed E-state index contributed by atoms with van der Waals surface area (Å²) in [7, 11) is 2.06. The molecule has 110 valence electrons. The lowest BCUT2D eigenvalue weighted by Crippen LogP contribution is -2.46. The number of nitrogens with zero attached hydrogens (tertiary/aromatic N) is 2. The lowest BCUT2D eigenvalue weighted by atomic mass is 10.1. The Hall–Kier alpha value is -1.39. The predicted molar refractivity (Wildman–Crippen MR) is 83.0 cm³/mol. The summed E-state index contributed by atoms with van der Waals surface area (Å²) in [5.41, 5.74) is 0.985. The van der Waals surface area contributed by atoms with Gasteiger partial charge in [0.2, 0.25) is 5.91 Å². The molecule has 1 N–H and O–H groups in total. The molecule has 2 rings (SSSR count). The topological polar surface area (TPSA) is 35.6 Å². The van der Waals surface area contributed by atoms with Crippen LogP contribution in [0.2, 0.25) is 0 Å². The quantitative estimate of drug-likeness (QED) is 0.889. The maximum atomic E-state index is 12.5. The first-order valence-corrected chi connectivity index (χ1v) is 7.48. The number of piperidine rings is 1. The van der Waals surface area contributed by atoms with Gasteiger partial charge in [-0.05, 0) is 52.0 Å². The minimum absolute atomic E-state index is 0.180. The van der Waals surface area contributed by atoms with E-state index in [2.05, 4.69) is 17.3 Å². The van der Waals surface area contributed by atoms with Crippen LogP contribution in [-0.4, -0.2) is 50.1 Å². The lowest BCUT2D eigenvalue weighted by molar-refractivity contribution is -0.120. The molecule has 1 aromatic rings. The average molecular weight is 275 g/mol. The summed E-state index contributed by atoms with van der Waals surface area (Å²) in [6, 6.07) is 10.4. The number of benzene rings is 1. The number of carbonyl (C=O) groups excluding carboxylic acids is 1. The second kappa shape index (κ2) is 7.41. The fourth-order valence-corrected chi connectivity index (χ4v) is 2.79. The van der Waals surface area contributed by atoms with Gasteiger partial charge in [-0.1, -0.05) is 18.2 Å². The van der Waals surface area contributed by atoms with Gasteiger partial charge < -0.3 is 10.2 Å². The van der Waals surface area contributed by atoms with E-state index in [1.807, 2.05) is 42.2 Å². The minimum atomic E-state index is 0.180. The van der Waals surface area contributed by atoms with Gasteiger partial charge in [0.15, 0.2) is 0 Å². The fourth-order valence-electron chi connectivity index (χ4n) is 2.79. The molecule has 1 fully saturated rings. The Morgan fingerprint density at radius 2 is 1.90 bits per heavy atom. The number of carbonyl (C=O) groups is 1. The van der Waals surface area contributed by atoms with Crippen LogP contribution in [-0.2, 0) is 4.79 Å². The summed E-state index contributed by atoms with van der Waals surface area (Å²) in [5, 5.41) is 3.36. The van der Waals surface area contributed by atoms with Crippen LogP contribution in [0.1, 0.15) is 19.8 Å². The molecule has 1 aliphatic rings. The monoisotopic (exact) mass is 275 g/mol. The van der Waals surface area contributed by atoms with E-state index in [0.29, 0.717) is 19.1 Å². The van der Waals surface area contributed by atoms with E-state index >= 15 is 0 Å². The van der Waals surface area contributed by atoms with Crippen LogP contribution in [0.5, 0.6) is 0 Å². The highest BCUT2D eigenvalue weighted by molar-refractivity contribution is 5.94. The van der Waals surface area contributed by atoms with Gasteiger partial charge in [-0.15, -0.1) is 0 Å². The zero-order valence-corrected chi connectivity index (χ0v) is 12.5. The largest absolute Gasteiger partial charge is 0.317 e. The first-order valence-electron chi connectivity index (χ1n) is 7.48. The molecule has 0 aliphatic carbocycles. The third kappa shape index (κ3) is 3.81. The van der Waals surface area contributed by atoms with Crippen molar-refractivity contribution in [2.24, 2.45) is 0 Å². The Bertz CT molecular complexity index is 415. The molecule has 1 aromatic carbocycles. The molecule has 1 amide bonds. The van der Waals surface area contributed by atoms with Gasteiger partial charge in [0, 0.05) is 18.3 Å². The van der Waals surface area contributed by atoms with E-state index in [1.54, 1.807) is 0 Å². The highest BCUT2D eigenvalue weighted by Crippen LogP contribution is 2.15. The molecule has 0 aromatic heterocycles. The SMILES string of the molecule is CCN(C(=O)CN(C)C1CCNCC1)c1ccccc1. The number of hydrogen-bond donors (Lipinski definition) is 1. The van der Waals surface area contributed by atoms with E-state index in [1.165, 1.54) is 0 Å². The van der Waals surface area contributed by atoms with Crippen LogP contribution in [0.4, 0.5) is 5.69 Å². The fraction of sp³-hybridized carbons (Fsp3) is 0.562. The zero-order valence-electron chi connectivity index (χ0n) is 12.5. The number of likely N-dealkylation sites (N-methyl/N-ethyl adjacent to an activating group) is 2. The summed E-state index contributed by atoms with van der Waals surface area (Å²) >= 11 is 0. The van der Waals surface area contributed by atoms with Gasteiger partial charge in [-0.25, -0.2) is 0 Å². The Kier molecular flexibility index (Phi) is 5.56. The summed E-state index contributed by atoms with van der Waals surface area (Å²) < 4.78 is 0. The van der Waals surface area contributed by atoms with E-state index in [-0.39, 0.29) is 5.91 Å². The molecule has 0 atom stereocenters. The van der Waals surface area contributed by atoms with Crippen LogP contribution in [0.3, 0.4) is 0 Å². The van der Waals surface area contributed by atoms with Gasteiger partial charge in [0.25, 0.3) is 0 Å². The molecule has 0 unspecified atom stereocenters. The van der Waals surface area contributed by atoms with Crippen LogP contribution in [0, 0.1) is 0 Å². The summed E-state index contributed by atoms with van der Waals surface area (Å²) in [6.07, 6.45) is 2.25. The van der Waals surface area contributed by atoms with Crippen molar-refractivity contribution in [3.8, 4) is 0 Å². The number of rotatable bonds is 5. The van der Waals surface area contributed by atoms with Crippen molar-refractivity contribution in [1.29, 1.82) is 0 Å². The van der Waals surface area contributed by atoms with Crippen LogP contribution in [0.15, 0.2) is 30.3 Å². The van der Waals surface area contributed by atoms with Gasteiger partial charge in [0.05, 0.1) is 6.54 Å². The predicted octanol–water partition coefficient (Wildman–Crippen LogP) is 1.72. The molecule has 20 heavy (non-hydrogen) atoms. The Labute approximate surface area is 121 Å². The number of hydrogen-bond acceptors (Lipinski definition) is 3. The summed E-state index contributed by atoms with van der Waals surface area (Å²) in [5.74, 6) is 0.180. The molecule has 0 radical (unpaired) electrons. The zero-order chi connectivity index (χ0) is 14.4. The van der Waals surface area contributed by atoms with Crippen molar-refractivity contribution in [1.82, 2.24) is 10.2 Å². The molecule has 0 bridgehead atoms. The standard InChI is InChI=1S/C16H25N3O/c1-3-19(15-7-5-4-6-8-15)16(20)13-18(2)14-9-11-17-12-10-14/h4-8,14,17H,3,9-13H2,1-2H3. The van der Waals surface area contributed by atoms with Crippen LogP contribution in [0.25, 0.3) is 0 Å². The summed E-state index contributed by atoms with van der Waals surface area (Å²) in [4.78, 5) is 16.6. The van der Waals surface area contributed by atoms with E-state index in [9.17, 15) is 4.79 Å². The Balaban J connectivity index is 1.95. The number of nitrogens with one attached hydrogen (secondary N) is 1. The highest BCUT2D eigenvalue weighted by atomic mass is 16.2. The molecular formula is C16H25N3O. The van der Waals surface area contributed by atoms with Crippen molar-refractivity contribution in [2.45, 2.75) is 25.8 Å². The van der Waals surface area contributed by atoms with Crippen molar-refractivity contribution >= 4 is 11.6 Å². The van der Waals surface area contributed by atoms with Crippen molar-refractivity contribution < 1.29 is 4.79 Å². The Morgan fingerprint density at radius 3 is 2.50 bits per heavy atom. The van der Waals surface area contributed by atoms with Gasteiger partial charge >= 0.3 is 0 Å². The highest BCUT2D eigenvalue weighted by Gasteiger charge is 2.22. The first kappa shape index (κ1) is 15.0. The van der Waals surface area contributed by atoms with E-state index in [0.717, 1.165) is 31.6 Å². The maximum absolute atomic E-state index is 12.5. The van der Waals surface area contributed by atoms with Gasteiger partial charge in [0.1, 0.15) is 0 Å². The molecule has 0 spiro atoms. The van der Waals surface area contributed by atoms with Gasteiger partial charge in [-0.2, -0.15) is 0 Å². The van der Waals surface area contributed by atoms with Gasteiger partial charge in [-0.3, -0.25) is 9.69 Å². The Morgan fingerprint density at radius 1 is 1.25 bits per heavy atom. The number of anilines is 1. The molecule has 1 aliphatic heterocycles. The average Bonchev–Trinajstić information content (AvgIpc) is 2.50. The third-order valence-electron chi connectivity index (χ3n) is 4.00. The summed E-state index contributed by atoms with van der Waals surface area (Å²) in [6.45, 7) is 5.34. The molecule has 1 saturated heterocycles. The smallest absolute Gasteiger partial charge is 0.241 e.